The van der Waals surface area contributed by atoms with Gasteiger partial charge in [0.2, 0.25) is 0 Å². The second-order valence-corrected chi connectivity index (χ2v) is 7.14. The predicted molar refractivity (Wildman–Crippen MR) is 71.8 cm³/mol. The van der Waals surface area contributed by atoms with Gasteiger partial charge in [-0.2, -0.15) is 0 Å². The van der Waals surface area contributed by atoms with E-state index >= 15 is 0 Å². The highest BCUT2D eigenvalue weighted by atomic mass is 16.5. The van der Waals surface area contributed by atoms with Gasteiger partial charge in [0.1, 0.15) is 0 Å². The van der Waals surface area contributed by atoms with Gasteiger partial charge < -0.3 is 10.1 Å². The fourth-order valence-electron chi connectivity index (χ4n) is 1.70. The van der Waals surface area contributed by atoms with Crippen LogP contribution in [-0.2, 0) is 4.74 Å². The molecule has 0 bridgehead atoms. The maximum absolute atomic E-state index is 5.88. The molecule has 0 saturated heterocycles. The van der Waals surface area contributed by atoms with E-state index in [-0.39, 0.29) is 11.1 Å². The van der Waals surface area contributed by atoms with Gasteiger partial charge in [-0.05, 0) is 53.9 Å². The van der Waals surface area contributed by atoms with Crippen LogP contribution in [0, 0.1) is 5.92 Å². The Kier molecular flexibility index (Phi) is 5.99. The highest BCUT2D eigenvalue weighted by molar-refractivity contribution is 4.79. The lowest BCUT2D eigenvalue weighted by Crippen LogP contribution is -2.47. The number of hydrogen-bond donors (Lipinski definition) is 1. The molecule has 16 heavy (non-hydrogen) atoms. The minimum Gasteiger partial charge on any atom is -0.374 e. The van der Waals surface area contributed by atoms with E-state index in [1.54, 1.807) is 0 Å². The Hall–Kier alpha value is -0.0800. The van der Waals surface area contributed by atoms with Gasteiger partial charge in [0.25, 0.3) is 0 Å². The van der Waals surface area contributed by atoms with Crippen molar-refractivity contribution in [3.05, 3.63) is 0 Å². The van der Waals surface area contributed by atoms with Crippen LogP contribution in [0.15, 0.2) is 0 Å². The maximum atomic E-state index is 5.88. The van der Waals surface area contributed by atoms with Crippen molar-refractivity contribution in [3.63, 3.8) is 0 Å². The van der Waals surface area contributed by atoms with Crippen molar-refractivity contribution in [2.24, 2.45) is 5.92 Å². The van der Waals surface area contributed by atoms with Crippen molar-refractivity contribution < 1.29 is 4.74 Å². The van der Waals surface area contributed by atoms with E-state index in [0.29, 0.717) is 12.0 Å². The minimum atomic E-state index is -0.0468. The van der Waals surface area contributed by atoms with Gasteiger partial charge in [0, 0.05) is 11.6 Å². The van der Waals surface area contributed by atoms with Crippen LogP contribution >= 0.6 is 0 Å². The fraction of sp³-hybridized carbons (Fsp3) is 1.00. The first-order valence-corrected chi connectivity index (χ1v) is 6.41. The molecule has 0 radical (unpaired) electrons. The average Bonchev–Trinajstić information content (AvgIpc) is 1.94. The van der Waals surface area contributed by atoms with E-state index < -0.39 is 0 Å². The number of ether oxygens (including phenoxy) is 1. The van der Waals surface area contributed by atoms with Crippen LogP contribution in [0.3, 0.4) is 0 Å². The Morgan fingerprint density at radius 2 is 1.50 bits per heavy atom. The van der Waals surface area contributed by atoms with Crippen LogP contribution in [0.25, 0.3) is 0 Å². The summed E-state index contributed by atoms with van der Waals surface area (Å²) in [5.41, 5.74) is 0.107. The van der Waals surface area contributed by atoms with Gasteiger partial charge in [0.05, 0.1) is 12.2 Å². The number of rotatable bonds is 5. The van der Waals surface area contributed by atoms with Gasteiger partial charge in [-0.15, -0.1) is 0 Å². The highest BCUT2D eigenvalue weighted by Gasteiger charge is 2.20. The Bertz CT molecular complexity index is 186. The second-order valence-electron chi connectivity index (χ2n) is 7.14. The predicted octanol–water partition coefficient (Wildman–Crippen LogP) is 3.60. The molecule has 2 heteroatoms. The van der Waals surface area contributed by atoms with Crippen molar-refractivity contribution in [2.45, 2.75) is 79.0 Å². The van der Waals surface area contributed by atoms with Gasteiger partial charge in [0.15, 0.2) is 0 Å². The molecule has 1 unspecified atom stereocenters. The van der Waals surface area contributed by atoms with Crippen LogP contribution in [0.4, 0.5) is 0 Å². The summed E-state index contributed by atoms with van der Waals surface area (Å²) in [6, 6.07) is 0.444. The van der Waals surface area contributed by atoms with E-state index in [4.69, 9.17) is 4.74 Å². The summed E-state index contributed by atoms with van der Waals surface area (Å²) in [6.45, 7) is 18.2. The molecule has 0 spiro atoms. The standard InChI is InChI=1S/C14H31NO/c1-11(2)9-12(15-13(3,4)5)10-16-14(6,7)8/h11-12,15H,9-10H2,1-8H3. The third-order valence-electron chi connectivity index (χ3n) is 2.11. The summed E-state index contributed by atoms with van der Waals surface area (Å²) >= 11 is 0. The van der Waals surface area contributed by atoms with Gasteiger partial charge in [-0.3, -0.25) is 0 Å². The Morgan fingerprint density at radius 3 is 1.81 bits per heavy atom. The summed E-state index contributed by atoms with van der Waals surface area (Å²) in [5, 5.41) is 3.64. The molecule has 1 N–H and O–H groups in total. The molecule has 1 atom stereocenters. The first kappa shape index (κ1) is 15.9. The molecule has 2 nitrogen and oxygen atoms in total. The molecule has 0 aliphatic rings. The molecule has 0 saturated carbocycles. The molecular formula is C14H31NO. The van der Waals surface area contributed by atoms with Gasteiger partial charge in [-0.25, -0.2) is 0 Å². The van der Waals surface area contributed by atoms with Gasteiger partial charge >= 0.3 is 0 Å². The molecule has 0 heterocycles. The van der Waals surface area contributed by atoms with Crippen LogP contribution < -0.4 is 5.32 Å². The van der Waals surface area contributed by atoms with Crippen molar-refractivity contribution in [3.8, 4) is 0 Å². The van der Waals surface area contributed by atoms with E-state index in [1.807, 2.05) is 0 Å². The third kappa shape index (κ3) is 10.4. The molecule has 0 aliphatic carbocycles. The lowest BCUT2D eigenvalue weighted by atomic mass is 10.00. The summed E-state index contributed by atoms with van der Waals surface area (Å²) in [4.78, 5) is 0. The summed E-state index contributed by atoms with van der Waals surface area (Å²) < 4.78 is 5.88. The lowest BCUT2D eigenvalue weighted by molar-refractivity contribution is -0.0199. The van der Waals surface area contributed by atoms with Gasteiger partial charge in [-0.1, -0.05) is 13.8 Å². The molecule has 0 fully saturated rings. The fourth-order valence-corrected chi connectivity index (χ4v) is 1.70. The third-order valence-corrected chi connectivity index (χ3v) is 2.11. The quantitative estimate of drug-likeness (QED) is 0.777. The van der Waals surface area contributed by atoms with E-state index in [1.165, 1.54) is 0 Å². The molecule has 0 aromatic heterocycles. The zero-order valence-corrected chi connectivity index (χ0v) is 12.5. The Labute approximate surface area is 102 Å². The van der Waals surface area contributed by atoms with Crippen molar-refractivity contribution in [1.82, 2.24) is 5.32 Å². The normalized spacial score (nSPS) is 15.6. The SMILES string of the molecule is CC(C)CC(COC(C)(C)C)NC(C)(C)C. The first-order valence-electron chi connectivity index (χ1n) is 6.41. The Balaban J connectivity index is 4.22. The monoisotopic (exact) mass is 229 g/mol. The molecular weight excluding hydrogens is 198 g/mol. The zero-order valence-electron chi connectivity index (χ0n) is 12.5. The average molecular weight is 229 g/mol. The largest absolute Gasteiger partial charge is 0.374 e. The van der Waals surface area contributed by atoms with E-state index in [2.05, 4.69) is 60.7 Å². The molecule has 98 valence electrons. The van der Waals surface area contributed by atoms with Crippen molar-refractivity contribution >= 4 is 0 Å². The highest BCUT2D eigenvalue weighted by Crippen LogP contribution is 2.13. The molecule has 0 rings (SSSR count). The maximum Gasteiger partial charge on any atom is 0.0627 e. The van der Waals surface area contributed by atoms with Crippen LogP contribution in [0.5, 0.6) is 0 Å². The topological polar surface area (TPSA) is 21.3 Å². The van der Waals surface area contributed by atoms with Crippen LogP contribution in [0.1, 0.15) is 61.8 Å². The lowest BCUT2D eigenvalue weighted by Gasteiger charge is -2.32. The zero-order chi connectivity index (χ0) is 13.0. The second kappa shape index (κ2) is 6.02. The van der Waals surface area contributed by atoms with Crippen LogP contribution in [0.2, 0.25) is 0 Å². The molecule has 0 aromatic rings. The van der Waals surface area contributed by atoms with E-state index in [0.717, 1.165) is 13.0 Å². The minimum absolute atomic E-state index is 0.0468. The van der Waals surface area contributed by atoms with E-state index in [9.17, 15) is 0 Å². The summed E-state index contributed by atoms with van der Waals surface area (Å²) in [5.74, 6) is 0.698. The summed E-state index contributed by atoms with van der Waals surface area (Å²) in [7, 11) is 0. The van der Waals surface area contributed by atoms with Crippen molar-refractivity contribution in [2.75, 3.05) is 6.61 Å². The smallest absolute Gasteiger partial charge is 0.0627 e. The summed E-state index contributed by atoms with van der Waals surface area (Å²) in [6.07, 6.45) is 1.16. The molecule has 0 aliphatic heterocycles. The molecule has 0 amide bonds. The molecule has 0 aromatic carbocycles. The first-order chi connectivity index (χ1) is 6.99. The van der Waals surface area contributed by atoms with Crippen LogP contribution in [-0.4, -0.2) is 23.8 Å². The number of hydrogen-bond acceptors (Lipinski definition) is 2. The Morgan fingerprint density at radius 1 is 1.00 bits per heavy atom. The van der Waals surface area contributed by atoms with Crippen molar-refractivity contribution in [1.29, 1.82) is 0 Å². The number of nitrogens with one attached hydrogen (secondary N) is 1.